The van der Waals surface area contributed by atoms with Crippen LogP contribution in [0.1, 0.15) is 20.3 Å². The molecule has 0 radical (unpaired) electrons. The van der Waals surface area contributed by atoms with Crippen molar-refractivity contribution in [3.63, 3.8) is 0 Å². The van der Waals surface area contributed by atoms with Gasteiger partial charge in [-0.2, -0.15) is 13.2 Å². The fourth-order valence-corrected chi connectivity index (χ4v) is 1.76. The van der Waals surface area contributed by atoms with Gasteiger partial charge >= 0.3 is 12.2 Å². The molecule has 6 nitrogen and oxygen atoms in total. The number of imide groups is 1. The lowest BCUT2D eigenvalue weighted by Crippen LogP contribution is -2.43. The topological polar surface area (TPSA) is 78.5 Å². The maximum atomic E-state index is 11.9. The maximum Gasteiger partial charge on any atom is 0.405 e. The van der Waals surface area contributed by atoms with Crippen molar-refractivity contribution in [2.24, 2.45) is 5.92 Å². The Balaban J connectivity index is 2.53. The summed E-state index contributed by atoms with van der Waals surface area (Å²) < 4.78 is 35.7. The van der Waals surface area contributed by atoms with Gasteiger partial charge in [-0.25, -0.2) is 4.79 Å². The second-order valence-electron chi connectivity index (χ2n) is 4.95. The van der Waals surface area contributed by atoms with Gasteiger partial charge in [-0.05, 0) is 12.3 Å². The van der Waals surface area contributed by atoms with E-state index in [9.17, 15) is 27.6 Å². The first-order valence-electron chi connectivity index (χ1n) is 6.05. The first kappa shape index (κ1) is 16.3. The van der Waals surface area contributed by atoms with Gasteiger partial charge in [0, 0.05) is 0 Å². The molecule has 0 bridgehead atoms. The quantitative estimate of drug-likeness (QED) is 0.730. The van der Waals surface area contributed by atoms with Crippen molar-refractivity contribution in [2.75, 3.05) is 13.1 Å². The highest BCUT2D eigenvalue weighted by Gasteiger charge is 2.39. The Labute approximate surface area is 113 Å². The molecule has 0 aliphatic carbocycles. The summed E-state index contributed by atoms with van der Waals surface area (Å²) in [5, 5.41) is 4.01. The summed E-state index contributed by atoms with van der Waals surface area (Å²) in [4.78, 5) is 35.2. The number of hydrogen-bond donors (Lipinski definition) is 2. The number of nitrogens with one attached hydrogen (secondary N) is 2. The van der Waals surface area contributed by atoms with Crippen LogP contribution < -0.4 is 10.6 Å². The normalized spacial score (nSPS) is 19.5. The van der Waals surface area contributed by atoms with Gasteiger partial charge in [0.05, 0.1) is 0 Å². The monoisotopic (exact) mass is 295 g/mol. The van der Waals surface area contributed by atoms with Crippen molar-refractivity contribution in [2.45, 2.75) is 32.5 Å². The summed E-state index contributed by atoms with van der Waals surface area (Å²) in [6.45, 7) is 1.51. The lowest BCUT2D eigenvalue weighted by atomic mass is 10.0. The second-order valence-corrected chi connectivity index (χ2v) is 4.95. The number of alkyl halides is 3. The van der Waals surface area contributed by atoms with Gasteiger partial charge in [-0.1, -0.05) is 13.8 Å². The first-order chi connectivity index (χ1) is 9.10. The highest BCUT2D eigenvalue weighted by molar-refractivity contribution is 6.06. The maximum absolute atomic E-state index is 11.9. The van der Waals surface area contributed by atoms with Crippen LogP contribution in [-0.2, 0) is 9.59 Å². The Morgan fingerprint density at radius 1 is 1.40 bits per heavy atom. The molecule has 1 unspecified atom stereocenters. The van der Waals surface area contributed by atoms with Crippen molar-refractivity contribution in [3.8, 4) is 0 Å². The number of amides is 4. The van der Waals surface area contributed by atoms with E-state index in [2.05, 4.69) is 5.32 Å². The van der Waals surface area contributed by atoms with Crippen LogP contribution in [0.3, 0.4) is 0 Å². The molecule has 0 aromatic heterocycles. The summed E-state index contributed by atoms with van der Waals surface area (Å²) in [7, 11) is 0. The Morgan fingerprint density at radius 2 is 2.00 bits per heavy atom. The molecule has 0 spiro atoms. The fourth-order valence-electron chi connectivity index (χ4n) is 1.76. The zero-order valence-corrected chi connectivity index (χ0v) is 11.1. The average Bonchev–Trinajstić information content (AvgIpc) is 2.53. The van der Waals surface area contributed by atoms with Crippen LogP contribution in [0, 0.1) is 5.92 Å². The minimum Gasteiger partial charge on any atom is -0.345 e. The number of hydrogen-bond acceptors (Lipinski definition) is 3. The highest BCUT2D eigenvalue weighted by Crippen LogP contribution is 2.14. The zero-order chi connectivity index (χ0) is 15.5. The van der Waals surface area contributed by atoms with E-state index >= 15 is 0 Å². The van der Waals surface area contributed by atoms with Crippen LogP contribution in [0.15, 0.2) is 0 Å². The molecule has 9 heteroatoms. The molecule has 4 amide bonds. The number of carbonyl (C=O) groups excluding carboxylic acids is 3. The van der Waals surface area contributed by atoms with Gasteiger partial charge in [0.15, 0.2) is 0 Å². The van der Waals surface area contributed by atoms with Crippen LogP contribution in [0.25, 0.3) is 0 Å². The summed E-state index contributed by atoms with van der Waals surface area (Å²) in [6.07, 6.45) is -4.13. The third-order valence-corrected chi connectivity index (χ3v) is 2.60. The fraction of sp³-hybridized carbons (Fsp3) is 0.727. The van der Waals surface area contributed by atoms with Gasteiger partial charge in [-0.3, -0.25) is 14.5 Å². The third-order valence-electron chi connectivity index (χ3n) is 2.60. The highest BCUT2D eigenvalue weighted by atomic mass is 19.4. The molecule has 0 saturated carbocycles. The van der Waals surface area contributed by atoms with Gasteiger partial charge in [0.2, 0.25) is 5.91 Å². The molecule has 1 fully saturated rings. The van der Waals surface area contributed by atoms with E-state index in [-0.39, 0.29) is 5.92 Å². The molecule has 20 heavy (non-hydrogen) atoms. The first-order valence-corrected chi connectivity index (χ1v) is 6.05. The zero-order valence-electron chi connectivity index (χ0n) is 11.1. The lowest BCUT2D eigenvalue weighted by Gasteiger charge is -2.14. The predicted molar refractivity (Wildman–Crippen MR) is 62.6 cm³/mol. The number of carbonyl (C=O) groups is 3. The van der Waals surface area contributed by atoms with Crippen LogP contribution in [0.2, 0.25) is 0 Å². The molecule has 1 saturated heterocycles. The summed E-state index contributed by atoms with van der Waals surface area (Å²) in [6, 6.07) is -1.49. The van der Waals surface area contributed by atoms with Gasteiger partial charge in [-0.15, -0.1) is 0 Å². The molecule has 1 aliphatic heterocycles. The smallest absolute Gasteiger partial charge is 0.345 e. The molecular formula is C11H16F3N3O3. The van der Waals surface area contributed by atoms with Gasteiger partial charge < -0.3 is 10.6 Å². The average molecular weight is 295 g/mol. The van der Waals surface area contributed by atoms with Crippen LogP contribution in [-0.4, -0.2) is 48.1 Å². The number of halogens is 3. The number of urea groups is 1. The molecule has 0 aromatic rings. The van der Waals surface area contributed by atoms with Crippen molar-refractivity contribution in [3.05, 3.63) is 0 Å². The number of rotatable bonds is 5. The largest absolute Gasteiger partial charge is 0.405 e. The third kappa shape index (κ3) is 4.71. The standard InChI is InChI=1S/C11H16F3N3O3/c1-6(2)3-7-9(19)17(10(20)16-7)4-8(18)15-5-11(12,13)14/h6-7H,3-5H2,1-2H3,(H,15,18)(H,16,20). The Bertz CT molecular complexity index is 409. The molecule has 1 heterocycles. The Kier molecular flexibility index (Phi) is 4.96. The summed E-state index contributed by atoms with van der Waals surface area (Å²) in [5.74, 6) is -1.47. The molecule has 1 aliphatic rings. The van der Waals surface area contributed by atoms with Gasteiger partial charge in [0.1, 0.15) is 19.1 Å². The SMILES string of the molecule is CC(C)CC1NC(=O)N(CC(=O)NCC(F)(F)F)C1=O. The van der Waals surface area contributed by atoms with Crippen molar-refractivity contribution in [1.82, 2.24) is 15.5 Å². The molecular weight excluding hydrogens is 279 g/mol. The minimum absolute atomic E-state index is 0.156. The second kappa shape index (κ2) is 6.10. The summed E-state index contributed by atoms with van der Waals surface area (Å²) >= 11 is 0. The Hall–Kier alpha value is -1.80. The Morgan fingerprint density at radius 3 is 2.50 bits per heavy atom. The van der Waals surface area contributed by atoms with Crippen molar-refractivity contribution < 1.29 is 27.6 Å². The van der Waals surface area contributed by atoms with E-state index in [1.54, 1.807) is 5.32 Å². The minimum atomic E-state index is -4.53. The van der Waals surface area contributed by atoms with E-state index in [4.69, 9.17) is 0 Å². The van der Waals surface area contributed by atoms with Crippen LogP contribution >= 0.6 is 0 Å². The van der Waals surface area contributed by atoms with Crippen LogP contribution in [0.4, 0.5) is 18.0 Å². The molecule has 1 rings (SSSR count). The van der Waals surface area contributed by atoms with E-state index < -0.39 is 43.2 Å². The van der Waals surface area contributed by atoms with Crippen molar-refractivity contribution >= 4 is 17.8 Å². The molecule has 114 valence electrons. The van der Waals surface area contributed by atoms with E-state index in [0.29, 0.717) is 11.3 Å². The predicted octanol–water partition coefficient (Wildman–Crippen LogP) is 0.631. The van der Waals surface area contributed by atoms with Crippen LogP contribution in [0.5, 0.6) is 0 Å². The molecule has 1 atom stereocenters. The van der Waals surface area contributed by atoms with E-state index in [1.807, 2.05) is 13.8 Å². The summed E-state index contributed by atoms with van der Waals surface area (Å²) in [5.41, 5.74) is 0. The van der Waals surface area contributed by atoms with Gasteiger partial charge in [0.25, 0.3) is 5.91 Å². The molecule has 0 aromatic carbocycles. The van der Waals surface area contributed by atoms with E-state index in [0.717, 1.165) is 0 Å². The number of nitrogens with zero attached hydrogens (tertiary/aromatic N) is 1. The lowest BCUT2D eigenvalue weighted by molar-refractivity contribution is -0.140. The van der Waals surface area contributed by atoms with E-state index in [1.165, 1.54) is 0 Å². The molecule has 2 N–H and O–H groups in total. The van der Waals surface area contributed by atoms with Crippen molar-refractivity contribution in [1.29, 1.82) is 0 Å².